The molecule has 21 heavy (non-hydrogen) atoms. The van der Waals surface area contributed by atoms with Gasteiger partial charge in [0, 0.05) is 13.1 Å². The number of rotatable bonds is 5. The first kappa shape index (κ1) is 16.2. The maximum Gasteiger partial charge on any atom is 0.306 e. The van der Waals surface area contributed by atoms with Crippen LogP contribution in [0.25, 0.3) is 0 Å². The van der Waals surface area contributed by atoms with Gasteiger partial charge in [-0.1, -0.05) is 19.8 Å². The highest BCUT2D eigenvalue weighted by molar-refractivity contribution is 5.77. The number of carboxylic acids is 1. The maximum absolute atomic E-state index is 12.2. The van der Waals surface area contributed by atoms with Crippen molar-refractivity contribution in [2.45, 2.75) is 51.2 Å². The minimum atomic E-state index is -0.901. The van der Waals surface area contributed by atoms with Crippen LogP contribution < -0.4 is 0 Å². The third-order valence-corrected chi connectivity index (χ3v) is 4.22. The lowest BCUT2D eigenvalue weighted by atomic mass is 9.89. The summed E-state index contributed by atoms with van der Waals surface area (Å²) in [6, 6.07) is 0. The highest BCUT2D eigenvalue weighted by atomic mass is 16.5. The first-order valence-electron chi connectivity index (χ1n) is 7.77. The Hall–Kier alpha value is -1.14. The van der Waals surface area contributed by atoms with Gasteiger partial charge < -0.3 is 19.5 Å². The van der Waals surface area contributed by atoms with Gasteiger partial charge >= 0.3 is 5.97 Å². The molecule has 6 heteroatoms. The van der Waals surface area contributed by atoms with E-state index in [9.17, 15) is 9.59 Å². The van der Waals surface area contributed by atoms with Gasteiger partial charge in [-0.05, 0) is 18.8 Å². The number of morpholine rings is 1. The first-order valence-corrected chi connectivity index (χ1v) is 7.77. The molecule has 1 N–H and O–H groups in total. The number of hydrogen-bond donors (Lipinski definition) is 1. The Bertz CT molecular complexity index is 373. The number of nitrogens with zero attached hydrogens (tertiary/aromatic N) is 1. The molecule has 2 rings (SSSR count). The fourth-order valence-corrected chi connectivity index (χ4v) is 3.07. The van der Waals surface area contributed by atoms with E-state index in [-0.39, 0.29) is 25.0 Å². The predicted molar refractivity (Wildman–Crippen MR) is 75.9 cm³/mol. The van der Waals surface area contributed by atoms with Crippen LogP contribution in [0.15, 0.2) is 0 Å². The normalized spacial score (nSPS) is 30.1. The highest BCUT2D eigenvalue weighted by Crippen LogP contribution is 2.25. The Labute approximate surface area is 125 Å². The predicted octanol–water partition coefficient (Wildman–Crippen LogP) is 1.28. The topological polar surface area (TPSA) is 76.1 Å². The lowest BCUT2D eigenvalue weighted by molar-refractivity contribution is -0.151. The van der Waals surface area contributed by atoms with Crippen molar-refractivity contribution in [3.63, 3.8) is 0 Å². The summed E-state index contributed by atoms with van der Waals surface area (Å²) < 4.78 is 11.1. The van der Waals surface area contributed by atoms with E-state index in [4.69, 9.17) is 14.6 Å². The van der Waals surface area contributed by atoms with Crippen LogP contribution in [0.3, 0.4) is 0 Å². The molecule has 2 aliphatic rings. The number of amides is 1. The van der Waals surface area contributed by atoms with Gasteiger partial charge in [-0.25, -0.2) is 0 Å². The van der Waals surface area contributed by atoms with E-state index >= 15 is 0 Å². The molecule has 1 saturated heterocycles. The average molecular weight is 299 g/mol. The lowest BCUT2D eigenvalue weighted by Gasteiger charge is -2.33. The molecule has 120 valence electrons. The summed E-state index contributed by atoms with van der Waals surface area (Å²) in [6.45, 7) is 3.56. The SMILES string of the molecule is C[C@@H]1CCC[C@H](OCC(=O)N2CCO[C@@H](CC(=O)O)C2)C1. The van der Waals surface area contributed by atoms with Gasteiger partial charge in [0.25, 0.3) is 0 Å². The second-order valence-electron chi connectivity index (χ2n) is 6.14. The van der Waals surface area contributed by atoms with Crippen molar-refractivity contribution in [1.29, 1.82) is 0 Å². The van der Waals surface area contributed by atoms with Crippen LogP contribution in [0.2, 0.25) is 0 Å². The number of ether oxygens (including phenoxy) is 2. The van der Waals surface area contributed by atoms with E-state index in [0.717, 1.165) is 19.3 Å². The average Bonchev–Trinajstić information content (AvgIpc) is 2.44. The molecule has 0 aromatic carbocycles. The molecule has 3 atom stereocenters. The van der Waals surface area contributed by atoms with Crippen molar-refractivity contribution in [2.75, 3.05) is 26.3 Å². The molecule has 1 aliphatic heterocycles. The monoisotopic (exact) mass is 299 g/mol. The molecule has 1 amide bonds. The quantitative estimate of drug-likeness (QED) is 0.827. The number of hydrogen-bond acceptors (Lipinski definition) is 4. The number of aliphatic carboxylic acids is 1. The standard InChI is InChI=1S/C15H25NO5/c1-11-3-2-4-12(7-11)21-10-14(17)16-5-6-20-13(9-16)8-15(18)19/h11-13H,2-10H2,1H3,(H,18,19)/t11-,12+,13+/m1/s1. The maximum atomic E-state index is 12.2. The van der Waals surface area contributed by atoms with Crippen LogP contribution >= 0.6 is 0 Å². The fourth-order valence-electron chi connectivity index (χ4n) is 3.07. The van der Waals surface area contributed by atoms with Crippen LogP contribution in [0, 0.1) is 5.92 Å². The molecule has 0 aromatic heterocycles. The smallest absolute Gasteiger partial charge is 0.306 e. The molecule has 0 unspecified atom stereocenters. The Morgan fingerprint density at radius 2 is 2.19 bits per heavy atom. The summed E-state index contributed by atoms with van der Waals surface area (Å²) >= 11 is 0. The third kappa shape index (κ3) is 5.28. The number of carboxylic acid groups (broad SMARTS) is 1. The second kappa shape index (κ2) is 7.75. The van der Waals surface area contributed by atoms with Crippen LogP contribution in [0.5, 0.6) is 0 Å². The Balaban J connectivity index is 1.73. The van der Waals surface area contributed by atoms with E-state index in [2.05, 4.69) is 6.92 Å². The van der Waals surface area contributed by atoms with Gasteiger partial charge in [0.1, 0.15) is 6.61 Å². The van der Waals surface area contributed by atoms with Gasteiger partial charge in [-0.2, -0.15) is 0 Å². The molecule has 1 aliphatic carbocycles. The molecular formula is C15H25NO5. The molecule has 0 bridgehead atoms. The summed E-state index contributed by atoms with van der Waals surface area (Å²) in [5.41, 5.74) is 0. The van der Waals surface area contributed by atoms with Crippen molar-refractivity contribution in [1.82, 2.24) is 4.90 Å². The van der Waals surface area contributed by atoms with Crippen molar-refractivity contribution in [3.05, 3.63) is 0 Å². The molecule has 1 heterocycles. The number of carbonyl (C=O) groups excluding carboxylic acids is 1. The summed E-state index contributed by atoms with van der Waals surface area (Å²) in [6.07, 6.45) is 4.18. The summed E-state index contributed by atoms with van der Waals surface area (Å²) in [4.78, 5) is 24.5. The van der Waals surface area contributed by atoms with Gasteiger partial charge in [0.05, 0.1) is 25.2 Å². The zero-order valence-electron chi connectivity index (χ0n) is 12.6. The van der Waals surface area contributed by atoms with E-state index < -0.39 is 12.1 Å². The van der Waals surface area contributed by atoms with Crippen LogP contribution in [0.4, 0.5) is 0 Å². The van der Waals surface area contributed by atoms with Crippen molar-refractivity contribution < 1.29 is 24.2 Å². The zero-order valence-corrected chi connectivity index (χ0v) is 12.6. The van der Waals surface area contributed by atoms with Crippen LogP contribution in [0.1, 0.15) is 39.0 Å². The van der Waals surface area contributed by atoms with Gasteiger partial charge in [0.2, 0.25) is 5.91 Å². The van der Waals surface area contributed by atoms with E-state index in [1.54, 1.807) is 4.90 Å². The van der Waals surface area contributed by atoms with E-state index in [0.29, 0.717) is 25.6 Å². The van der Waals surface area contributed by atoms with Crippen molar-refractivity contribution >= 4 is 11.9 Å². The van der Waals surface area contributed by atoms with Gasteiger partial charge in [-0.15, -0.1) is 0 Å². The Kier molecular flexibility index (Phi) is 5.99. The van der Waals surface area contributed by atoms with Crippen LogP contribution in [-0.4, -0.2) is 60.4 Å². The minimum Gasteiger partial charge on any atom is -0.481 e. The molecule has 0 radical (unpaired) electrons. The summed E-state index contributed by atoms with van der Waals surface area (Å²) in [7, 11) is 0. The molecule has 2 fully saturated rings. The summed E-state index contributed by atoms with van der Waals surface area (Å²) in [5.74, 6) is -0.296. The number of carbonyl (C=O) groups is 2. The van der Waals surface area contributed by atoms with Crippen molar-refractivity contribution in [3.8, 4) is 0 Å². The molecule has 0 spiro atoms. The zero-order chi connectivity index (χ0) is 15.2. The minimum absolute atomic E-state index is 0.0630. The molecule has 1 saturated carbocycles. The van der Waals surface area contributed by atoms with Crippen LogP contribution in [-0.2, 0) is 19.1 Å². The highest BCUT2D eigenvalue weighted by Gasteiger charge is 2.27. The second-order valence-corrected chi connectivity index (χ2v) is 6.14. The summed E-state index contributed by atoms with van der Waals surface area (Å²) in [5, 5.41) is 8.78. The molecule has 0 aromatic rings. The Morgan fingerprint density at radius 1 is 1.38 bits per heavy atom. The first-order chi connectivity index (χ1) is 10.0. The van der Waals surface area contributed by atoms with E-state index in [1.165, 1.54) is 6.42 Å². The lowest BCUT2D eigenvalue weighted by Crippen LogP contribution is -2.47. The largest absolute Gasteiger partial charge is 0.481 e. The van der Waals surface area contributed by atoms with Gasteiger partial charge in [0.15, 0.2) is 0 Å². The van der Waals surface area contributed by atoms with Gasteiger partial charge in [-0.3, -0.25) is 9.59 Å². The molecular weight excluding hydrogens is 274 g/mol. The molecule has 6 nitrogen and oxygen atoms in total. The van der Waals surface area contributed by atoms with E-state index in [1.807, 2.05) is 0 Å². The fraction of sp³-hybridized carbons (Fsp3) is 0.867. The third-order valence-electron chi connectivity index (χ3n) is 4.22. The van der Waals surface area contributed by atoms with Crippen molar-refractivity contribution in [2.24, 2.45) is 5.92 Å². The Morgan fingerprint density at radius 3 is 2.90 bits per heavy atom.